The van der Waals surface area contributed by atoms with E-state index in [0.29, 0.717) is 29.4 Å². The van der Waals surface area contributed by atoms with Crippen molar-refractivity contribution < 1.29 is 14.3 Å². The zero-order chi connectivity index (χ0) is 19.1. The smallest absolute Gasteiger partial charge is 0.266 e. The van der Waals surface area contributed by atoms with Crippen molar-refractivity contribution in [3.63, 3.8) is 0 Å². The van der Waals surface area contributed by atoms with Crippen molar-refractivity contribution in [1.29, 1.82) is 5.26 Å². The second-order valence-corrected chi connectivity index (χ2v) is 6.30. The Morgan fingerprint density at radius 3 is 2.65 bits per heavy atom. The number of ether oxygens (including phenoxy) is 2. The summed E-state index contributed by atoms with van der Waals surface area (Å²) in [5, 5.41) is 12.1. The SMILES string of the molecule is CCOc1ccc(/C=C(\C#N)C(=O)Nc2ccc(C)cc2Br)cc1OC. The highest BCUT2D eigenvalue weighted by Gasteiger charge is 2.12. The van der Waals surface area contributed by atoms with Gasteiger partial charge in [0, 0.05) is 4.47 Å². The van der Waals surface area contributed by atoms with Gasteiger partial charge in [-0.3, -0.25) is 4.79 Å². The van der Waals surface area contributed by atoms with Gasteiger partial charge >= 0.3 is 0 Å². The van der Waals surface area contributed by atoms with Gasteiger partial charge < -0.3 is 14.8 Å². The Bertz CT molecular complexity index is 885. The second-order valence-electron chi connectivity index (χ2n) is 5.45. The van der Waals surface area contributed by atoms with E-state index < -0.39 is 5.91 Å². The molecule has 0 aliphatic heterocycles. The molecule has 0 aromatic heterocycles. The number of hydrogen-bond donors (Lipinski definition) is 1. The molecule has 134 valence electrons. The number of carbonyl (C=O) groups is 1. The van der Waals surface area contributed by atoms with Crippen LogP contribution in [0.3, 0.4) is 0 Å². The first-order valence-electron chi connectivity index (χ1n) is 7.98. The van der Waals surface area contributed by atoms with Crippen LogP contribution in [-0.2, 0) is 4.79 Å². The van der Waals surface area contributed by atoms with Crippen LogP contribution >= 0.6 is 15.9 Å². The van der Waals surface area contributed by atoms with E-state index in [2.05, 4.69) is 21.2 Å². The maximum atomic E-state index is 12.4. The molecule has 2 aromatic carbocycles. The number of nitrogens with zero attached hydrogens (tertiary/aromatic N) is 1. The van der Waals surface area contributed by atoms with Gasteiger partial charge in [-0.1, -0.05) is 12.1 Å². The topological polar surface area (TPSA) is 71.3 Å². The third-order valence-corrected chi connectivity index (χ3v) is 4.19. The van der Waals surface area contributed by atoms with Crippen molar-refractivity contribution in [2.45, 2.75) is 13.8 Å². The Morgan fingerprint density at radius 2 is 2.04 bits per heavy atom. The van der Waals surface area contributed by atoms with Crippen molar-refractivity contribution in [3.05, 3.63) is 57.6 Å². The summed E-state index contributed by atoms with van der Waals surface area (Å²) in [6.07, 6.45) is 1.51. The van der Waals surface area contributed by atoms with Crippen LogP contribution in [0.5, 0.6) is 11.5 Å². The summed E-state index contributed by atoms with van der Waals surface area (Å²) in [6.45, 7) is 4.35. The van der Waals surface area contributed by atoms with Crippen LogP contribution in [0.2, 0.25) is 0 Å². The molecular formula is C20H19BrN2O3. The first-order chi connectivity index (χ1) is 12.5. The van der Waals surface area contributed by atoms with Crippen LogP contribution in [0.4, 0.5) is 5.69 Å². The summed E-state index contributed by atoms with van der Waals surface area (Å²) in [6, 6.07) is 12.7. The molecule has 1 N–H and O–H groups in total. The molecule has 0 fully saturated rings. The fourth-order valence-electron chi connectivity index (χ4n) is 2.28. The molecule has 1 amide bonds. The normalized spacial score (nSPS) is 10.8. The van der Waals surface area contributed by atoms with Crippen LogP contribution in [0.1, 0.15) is 18.1 Å². The van der Waals surface area contributed by atoms with Crippen molar-refractivity contribution in [2.24, 2.45) is 0 Å². The van der Waals surface area contributed by atoms with Crippen LogP contribution in [0, 0.1) is 18.3 Å². The molecular weight excluding hydrogens is 396 g/mol. The number of aryl methyl sites for hydroxylation is 1. The molecule has 5 nitrogen and oxygen atoms in total. The summed E-state index contributed by atoms with van der Waals surface area (Å²) in [4.78, 5) is 12.4. The minimum Gasteiger partial charge on any atom is -0.493 e. The predicted octanol–water partition coefficient (Wildman–Crippen LogP) is 4.71. The number of rotatable bonds is 6. The average Bonchev–Trinajstić information content (AvgIpc) is 2.63. The van der Waals surface area contributed by atoms with Crippen LogP contribution in [0.25, 0.3) is 6.08 Å². The van der Waals surface area contributed by atoms with Crippen molar-refractivity contribution >= 4 is 33.6 Å². The number of amides is 1. The van der Waals surface area contributed by atoms with Gasteiger partial charge in [0.25, 0.3) is 5.91 Å². The number of carbonyl (C=O) groups excluding carboxylic acids is 1. The summed E-state index contributed by atoms with van der Waals surface area (Å²) < 4.78 is 11.5. The highest BCUT2D eigenvalue weighted by Crippen LogP contribution is 2.29. The Kier molecular flexibility index (Phi) is 6.81. The van der Waals surface area contributed by atoms with Gasteiger partial charge in [0.15, 0.2) is 11.5 Å². The first-order valence-corrected chi connectivity index (χ1v) is 8.78. The fourth-order valence-corrected chi connectivity index (χ4v) is 2.87. The molecule has 0 heterocycles. The summed E-state index contributed by atoms with van der Waals surface area (Å²) in [5.41, 5.74) is 2.32. The molecule has 0 atom stereocenters. The largest absolute Gasteiger partial charge is 0.493 e. The lowest BCUT2D eigenvalue weighted by molar-refractivity contribution is -0.112. The zero-order valence-electron chi connectivity index (χ0n) is 14.8. The van der Waals surface area contributed by atoms with E-state index in [9.17, 15) is 10.1 Å². The van der Waals surface area contributed by atoms with E-state index in [1.807, 2.05) is 32.0 Å². The number of hydrogen-bond acceptors (Lipinski definition) is 4. The molecule has 0 aliphatic carbocycles. The Labute approximate surface area is 161 Å². The highest BCUT2D eigenvalue weighted by atomic mass is 79.9. The maximum absolute atomic E-state index is 12.4. The fraction of sp³-hybridized carbons (Fsp3) is 0.200. The standard InChI is InChI=1S/C20H19BrN2O3/c1-4-26-18-8-6-14(11-19(18)25-3)10-15(12-22)20(24)23-17-7-5-13(2)9-16(17)21/h5-11H,4H2,1-3H3,(H,23,24)/b15-10+. The van der Waals surface area contributed by atoms with E-state index in [-0.39, 0.29) is 5.57 Å². The molecule has 0 aliphatic rings. The van der Waals surface area contributed by atoms with Gasteiger partial charge in [0.05, 0.1) is 19.4 Å². The number of methoxy groups -OCH3 is 1. The summed E-state index contributed by atoms with van der Waals surface area (Å²) in [7, 11) is 1.54. The second kappa shape index (κ2) is 9.07. The first kappa shape index (κ1) is 19.5. The molecule has 0 radical (unpaired) electrons. The minimum absolute atomic E-state index is 0.0105. The highest BCUT2D eigenvalue weighted by molar-refractivity contribution is 9.10. The molecule has 0 spiro atoms. The number of anilines is 1. The molecule has 0 unspecified atom stereocenters. The molecule has 0 saturated heterocycles. The Morgan fingerprint density at radius 1 is 1.27 bits per heavy atom. The number of benzene rings is 2. The summed E-state index contributed by atoms with van der Waals surface area (Å²) >= 11 is 3.41. The van der Waals surface area contributed by atoms with E-state index in [1.54, 1.807) is 24.3 Å². The van der Waals surface area contributed by atoms with Gasteiger partial charge in [-0.15, -0.1) is 0 Å². The van der Waals surface area contributed by atoms with Gasteiger partial charge in [-0.05, 0) is 71.2 Å². The van der Waals surface area contributed by atoms with E-state index in [0.717, 1.165) is 10.0 Å². The predicted molar refractivity (Wildman–Crippen MR) is 105 cm³/mol. The lowest BCUT2D eigenvalue weighted by atomic mass is 10.1. The third-order valence-electron chi connectivity index (χ3n) is 3.54. The van der Waals surface area contributed by atoms with Crippen molar-refractivity contribution in [1.82, 2.24) is 0 Å². The van der Waals surface area contributed by atoms with Crippen LogP contribution in [0.15, 0.2) is 46.4 Å². The minimum atomic E-state index is -0.482. The quantitative estimate of drug-likeness (QED) is 0.548. The Hall–Kier alpha value is -2.78. The average molecular weight is 415 g/mol. The molecule has 0 saturated carbocycles. The molecule has 0 bridgehead atoms. The Balaban J connectivity index is 2.26. The number of nitrogens with one attached hydrogen (secondary N) is 1. The number of nitriles is 1. The zero-order valence-corrected chi connectivity index (χ0v) is 16.4. The van der Waals surface area contributed by atoms with Gasteiger partial charge in [0.1, 0.15) is 11.6 Å². The summed E-state index contributed by atoms with van der Waals surface area (Å²) in [5.74, 6) is 0.670. The molecule has 2 aromatic rings. The van der Waals surface area contributed by atoms with Crippen molar-refractivity contribution in [2.75, 3.05) is 19.0 Å². The van der Waals surface area contributed by atoms with E-state index >= 15 is 0 Å². The monoisotopic (exact) mass is 414 g/mol. The molecule has 6 heteroatoms. The van der Waals surface area contributed by atoms with E-state index in [4.69, 9.17) is 9.47 Å². The van der Waals surface area contributed by atoms with Gasteiger partial charge in [-0.25, -0.2) is 0 Å². The lowest BCUT2D eigenvalue weighted by Gasteiger charge is -2.10. The third kappa shape index (κ3) is 4.87. The number of halogens is 1. The van der Waals surface area contributed by atoms with E-state index in [1.165, 1.54) is 13.2 Å². The molecule has 2 rings (SSSR count). The van der Waals surface area contributed by atoms with Crippen molar-refractivity contribution in [3.8, 4) is 17.6 Å². The molecule has 26 heavy (non-hydrogen) atoms. The lowest BCUT2D eigenvalue weighted by Crippen LogP contribution is -2.13. The maximum Gasteiger partial charge on any atom is 0.266 e. The van der Waals surface area contributed by atoms with Gasteiger partial charge in [-0.2, -0.15) is 5.26 Å². The van der Waals surface area contributed by atoms with Crippen LogP contribution < -0.4 is 14.8 Å². The van der Waals surface area contributed by atoms with Crippen LogP contribution in [-0.4, -0.2) is 19.6 Å². The van der Waals surface area contributed by atoms with Gasteiger partial charge in [0.2, 0.25) is 0 Å².